The summed E-state index contributed by atoms with van der Waals surface area (Å²) in [5.74, 6) is -0.223. The normalized spacial score (nSPS) is 22.1. The fourth-order valence-corrected chi connectivity index (χ4v) is 2.93. The Morgan fingerprint density at radius 1 is 1.53 bits per heavy atom. The monoisotopic (exact) mass is 329 g/mol. The van der Waals surface area contributed by atoms with Crippen LogP contribution in [0.1, 0.15) is 18.0 Å². The molecule has 1 heterocycles. The highest BCUT2D eigenvalue weighted by Crippen LogP contribution is 2.28. The van der Waals surface area contributed by atoms with Crippen LogP contribution in [0.15, 0.2) is 22.7 Å². The standard InChI is InChI=1S/C14H21BrFN3/c1-18(2)11-5-6-19(9-11)14(8-17)10-3-4-12(15)13(16)7-10/h3-4,7,11,14H,5-6,8-9,17H2,1-2H3. The smallest absolute Gasteiger partial charge is 0.137 e. The molecule has 0 spiro atoms. The van der Waals surface area contributed by atoms with Crippen LogP contribution >= 0.6 is 15.9 Å². The number of benzene rings is 1. The van der Waals surface area contributed by atoms with E-state index in [-0.39, 0.29) is 11.9 Å². The van der Waals surface area contributed by atoms with E-state index in [0.717, 1.165) is 25.1 Å². The first-order valence-electron chi connectivity index (χ1n) is 6.58. The third-order valence-electron chi connectivity index (χ3n) is 3.92. The van der Waals surface area contributed by atoms with Gasteiger partial charge in [0.2, 0.25) is 0 Å². The Hall–Kier alpha value is -0.490. The van der Waals surface area contributed by atoms with Gasteiger partial charge >= 0.3 is 0 Å². The molecule has 1 aromatic carbocycles. The molecule has 3 nitrogen and oxygen atoms in total. The van der Waals surface area contributed by atoms with Gasteiger partial charge < -0.3 is 10.6 Å². The summed E-state index contributed by atoms with van der Waals surface area (Å²) < 4.78 is 14.2. The number of likely N-dealkylation sites (tertiary alicyclic amines) is 1. The summed E-state index contributed by atoms with van der Waals surface area (Å²) in [7, 11) is 4.20. The molecule has 1 aromatic rings. The zero-order valence-corrected chi connectivity index (χ0v) is 13.0. The minimum Gasteiger partial charge on any atom is -0.329 e. The number of nitrogens with zero attached hydrogens (tertiary/aromatic N) is 2. The Bertz CT molecular complexity index is 439. The fraction of sp³-hybridized carbons (Fsp3) is 0.571. The molecular weight excluding hydrogens is 309 g/mol. The third kappa shape index (κ3) is 3.34. The van der Waals surface area contributed by atoms with Crippen molar-refractivity contribution in [3.63, 3.8) is 0 Å². The number of hydrogen-bond donors (Lipinski definition) is 1. The Kier molecular flexibility index (Phi) is 4.95. The van der Waals surface area contributed by atoms with Crippen molar-refractivity contribution in [3.05, 3.63) is 34.1 Å². The summed E-state index contributed by atoms with van der Waals surface area (Å²) >= 11 is 3.19. The molecule has 0 radical (unpaired) electrons. The van der Waals surface area contributed by atoms with Gasteiger partial charge in [-0.15, -0.1) is 0 Å². The van der Waals surface area contributed by atoms with Gasteiger partial charge in [0.1, 0.15) is 5.82 Å². The quantitative estimate of drug-likeness (QED) is 0.919. The zero-order chi connectivity index (χ0) is 14.0. The van der Waals surface area contributed by atoms with Crippen LogP contribution in [0.25, 0.3) is 0 Å². The van der Waals surface area contributed by atoms with Crippen molar-refractivity contribution >= 4 is 15.9 Å². The number of nitrogens with two attached hydrogens (primary N) is 1. The van der Waals surface area contributed by atoms with Gasteiger partial charge in [0.05, 0.1) is 4.47 Å². The second-order valence-corrected chi connectivity index (χ2v) is 6.18. The van der Waals surface area contributed by atoms with E-state index in [1.807, 2.05) is 6.07 Å². The SMILES string of the molecule is CN(C)C1CCN(C(CN)c2ccc(Br)c(F)c2)C1. The van der Waals surface area contributed by atoms with Crippen molar-refractivity contribution in [2.75, 3.05) is 33.7 Å². The first-order valence-corrected chi connectivity index (χ1v) is 7.37. The lowest BCUT2D eigenvalue weighted by atomic mass is 10.1. The van der Waals surface area contributed by atoms with Gasteiger partial charge in [0, 0.05) is 31.7 Å². The van der Waals surface area contributed by atoms with Crippen molar-refractivity contribution < 1.29 is 4.39 Å². The molecule has 106 valence electrons. The second-order valence-electron chi connectivity index (χ2n) is 5.33. The van der Waals surface area contributed by atoms with Crippen LogP contribution in [-0.4, -0.2) is 49.6 Å². The van der Waals surface area contributed by atoms with Crippen molar-refractivity contribution in [3.8, 4) is 0 Å². The first-order chi connectivity index (χ1) is 9.02. The van der Waals surface area contributed by atoms with E-state index >= 15 is 0 Å². The molecule has 1 saturated heterocycles. The van der Waals surface area contributed by atoms with E-state index in [1.54, 1.807) is 12.1 Å². The molecular formula is C14H21BrFN3. The zero-order valence-electron chi connectivity index (χ0n) is 11.4. The first kappa shape index (κ1) is 14.9. The number of halogens is 2. The summed E-state index contributed by atoms with van der Waals surface area (Å²) in [6.07, 6.45) is 1.14. The lowest BCUT2D eigenvalue weighted by Crippen LogP contribution is -2.36. The Morgan fingerprint density at radius 2 is 2.26 bits per heavy atom. The Labute approximate surface area is 122 Å². The van der Waals surface area contributed by atoms with Gasteiger partial charge in [-0.3, -0.25) is 4.90 Å². The lowest BCUT2D eigenvalue weighted by molar-refractivity contribution is 0.220. The average Bonchev–Trinajstić information content (AvgIpc) is 2.84. The van der Waals surface area contributed by atoms with Crippen LogP contribution in [-0.2, 0) is 0 Å². The van der Waals surface area contributed by atoms with Gasteiger partial charge in [-0.25, -0.2) is 4.39 Å². The van der Waals surface area contributed by atoms with Crippen molar-refractivity contribution in [2.24, 2.45) is 5.73 Å². The Balaban J connectivity index is 2.14. The average molecular weight is 330 g/mol. The molecule has 2 N–H and O–H groups in total. The maximum absolute atomic E-state index is 13.7. The highest BCUT2D eigenvalue weighted by Gasteiger charge is 2.29. The summed E-state index contributed by atoms with van der Waals surface area (Å²) in [4.78, 5) is 4.60. The Morgan fingerprint density at radius 3 is 2.79 bits per heavy atom. The van der Waals surface area contributed by atoms with Crippen molar-refractivity contribution in [1.82, 2.24) is 9.80 Å². The summed E-state index contributed by atoms with van der Waals surface area (Å²) in [6, 6.07) is 5.97. The van der Waals surface area contributed by atoms with Gasteiger partial charge in [-0.1, -0.05) is 6.07 Å². The highest BCUT2D eigenvalue weighted by atomic mass is 79.9. The fourth-order valence-electron chi connectivity index (χ4n) is 2.69. The van der Waals surface area contributed by atoms with E-state index < -0.39 is 0 Å². The van der Waals surface area contributed by atoms with E-state index in [1.165, 1.54) is 0 Å². The van der Waals surface area contributed by atoms with Crippen LogP contribution in [0, 0.1) is 5.82 Å². The molecule has 2 rings (SSSR count). The van der Waals surface area contributed by atoms with E-state index in [4.69, 9.17) is 5.73 Å². The molecule has 1 aliphatic rings. The second kappa shape index (κ2) is 6.31. The van der Waals surface area contributed by atoms with Crippen molar-refractivity contribution in [1.29, 1.82) is 0 Å². The molecule has 0 aliphatic carbocycles. The molecule has 5 heteroatoms. The molecule has 0 aromatic heterocycles. The van der Waals surface area contributed by atoms with Crippen molar-refractivity contribution in [2.45, 2.75) is 18.5 Å². The predicted octanol–water partition coefficient (Wildman–Crippen LogP) is 2.22. The lowest BCUT2D eigenvalue weighted by Gasteiger charge is -2.28. The summed E-state index contributed by atoms with van der Waals surface area (Å²) in [5, 5.41) is 0. The van der Waals surface area contributed by atoms with E-state index in [9.17, 15) is 4.39 Å². The van der Waals surface area contributed by atoms with Crippen LogP contribution in [0.4, 0.5) is 4.39 Å². The van der Waals surface area contributed by atoms with Gasteiger partial charge in [0.15, 0.2) is 0 Å². The minimum absolute atomic E-state index is 0.104. The van der Waals surface area contributed by atoms with Crippen LogP contribution in [0.5, 0.6) is 0 Å². The highest BCUT2D eigenvalue weighted by molar-refractivity contribution is 9.10. The van der Waals surface area contributed by atoms with Crippen LogP contribution < -0.4 is 5.73 Å². The molecule has 19 heavy (non-hydrogen) atoms. The predicted molar refractivity (Wildman–Crippen MR) is 79.6 cm³/mol. The molecule has 0 saturated carbocycles. The number of hydrogen-bond acceptors (Lipinski definition) is 3. The van der Waals surface area contributed by atoms with E-state index in [0.29, 0.717) is 17.1 Å². The third-order valence-corrected chi connectivity index (χ3v) is 4.56. The van der Waals surface area contributed by atoms with Crippen LogP contribution in [0.2, 0.25) is 0 Å². The maximum atomic E-state index is 13.7. The molecule has 0 amide bonds. The van der Waals surface area contributed by atoms with Crippen LogP contribution in [0.3, 0.4) is 0 Å². The molecule has 2 atom stereocenters. The maximum Gasteiger partial charge on any atom is 0.137 e. The number of likely N-dealkylation sites (N-methyl/N-ethyl adjacent to an activating group) is 1. The van der Waals surface area contributed by atoms with E-state index in [2.05, 4.69) is 39.8 Å². The van der Waals surface area contributed by atoms with Gasteiger partial charge in [-0.05, 0) is 54.1 Å². The number of rotatable bonds is 4. The van der Waals surface area contributed by atoms with Gasteiger partial charge in [-0.2, -0.15) is 0 Å². The topological polar surface area (TPSA) is 32.5 Å². The largest absolute Gasteiger partial charge is 0.329 e. The molecule has 1 aliphatic heterocycles. The van der Waals surface area contributed by atoms with Gasteiger partial charge in [0.25, 0.3) is 0 Å². The summed E-state index contributed by atoms with van der Waals surface area (Å²) in [6.45, 7) is 2.52. The minimum atomic E-state index is -0.223. The summed E-state index contributed by atoms with van der Waals surface area (Å²) in [5.41, 5.74) is 6.87. The molecule has 2 unspecified atom stereocenters. The molecule has 1 fully saturated rings. The molecule has 0 bridgehead atoms.